The van der Waals surface area contributed by atoms with Gasteiger partial charge in [-0.05, 0) is 36.3 Å². The molecule has 3 N–H and O–H groups in total. The molecular formula is C11H13NO3S. The van der Waals surface area contributed by atoms with Crippen molar-refractivity contribution in [3.05, 3.63) is 34.7 Å². The van der Waals surface area contributed by atoms with Crippen molar-refractivity contribution in [2.24, 2.45) is 5.73 Å². The largest absolute Gasteiger partial charge is 0.387 e. The summed E-state index contributed by atoms with van der Waals surface area (Å²) >= 11 is 0. The highest BCUT2D eigenvalue weighted by Gasteiger charge is 2.22. The topological polar surface area (TPSA) is 80.4 Å². The summed E-state index contributed by atoms with van der Waals surface area (Å²) in [6.07, 6.45) is 0.754. The SMILES string of the molecule is CC(N)C(O)c1ccc2c(c1)C=CS2(=O)=O. The Morgan fingerprint density at radius 3 is 2.69 bits per heavy atom. The molecule has 0 saturated heterocycles. The minimum atomic E-state index is -3.26. The Hall–Kier alpha value is -1.17. The minimum Gasteiger partial charge on any atom is -0.387 e. The van der Waals surface area contributed by atoms with Gasteiger partial charge in [0.2, 0.25) is 0 Å². The molecule has 16 heavy (non-hydrogen) atoms. The molecule has 0 spiro atoms. The highest BCUT2D eigenvalue weighted by Crippen LogP contribution is 2.29. The first kappa shape index (κ1) is 11.3. The van der Waals surface area contributed by atoms with Crippen molar-refractivity contribution in [1.29, 1.82) is 0 Å². The molecule has 0 saturated carbocycles. The fourth-order valence-electron chi connectivity index (χ4n) is 1.68. The molecule has 0 aliphatic carbocycles. The Morgan fingerprint density at radius 2 is 2.06 bits per heavy atom. The molecule has 1 heterocycles. The van der Waals surface area contributed by atoms with Crippen LogP contribution in [0.2, 0.25) is 0 Å². The number of fused-ring (bicyclic) bond motifs is 1. The molecule has 2 unspecified atom stereocenters. The predicted octanol–water partition coefficient (Wildman–Crippen LogP) is 0.825. The van der Waals surface area contributed by atoms with Gasteiger partial charge in [0, 0.05) is 11.4 Å². The monoisotopic (exact) mass is 239 g/mol. The normalized spacial score (nSPS) is 20.4. The molecule has 0 amide bonds. The van der Waals surface area contributed by atoms with Crippen LogP contribution in [-0.2, 0) is 9.84 Å². The van der Waals surface area contributed by atoms with Crippen molar-refractivity contribution < 1.29 is 13.5 Å². The third-order valence-corrected chi connectivity index (χ3v) is 4.09. The lowest BCUT2D eigenvalue weighted by Gasteiger charge is -2.15. The zero-order valence-corrected chi connectivity index (χ0v) is 9.61. The summed E-state index contributed by atoms with van der Waals surface area (Å²) in [6.45, 7) is 1.70. The van der Waals surface area contributed by atoms with Gasteiger partial charge in [0.05, 0.1) is 11.0 Å². The summed E-state index contributed by atoms with van der Waals surface area (Å²) in [5.74, 6) is 0. The van der Waals surface area contributed by atoms with Crippen molar-refractivity contribution in [2.75, 3.05) is 0 Å². The van der Waals surface area contributed by atoms with E-state index >= 15 is 0 Å². The quantitative estimate of drug-likeness (QED) is 0.801. The van der Waals surface area contributed by atoms with E-state index in [2.05, 4.69) is 0 Å². The van der Waals surface area contributed by atoms with Gasteiger partial charge in [-0.25, -0.2) is 8.42 Å². The van der Waals surface area contributed by atoms with Crippen molar-refractivity contribution in [2.45, 2.75) is 24.0 Å². The first-order chi connectivity index (χ1) is 7.42. The number of hydrogen-bond acceptors (Lipinski definition) is 4. The number of benzene rings is 1. The van der Waals surface area contributed by atoms with Crippen LogP contribution in [-0.4, -0.2) is 19.6 Å². The van der Waals surface area contributed by atoms with Crippen LogP contribution >= 0.6 is 0 Å². The highest BCUT2D eigenvalue weighted by atomic mass is 32.2. The fourth-order valence-corrected chi connectivity index (χ4v) is 2.87. The average Bonchev–Trinajstić information content (AvgIpc) is 2.53. The molecule has 0 radical (unpaired) electrons. The molecule has 1 aliphatic heterocycles. The summed E-state index contributed by atoms with van der Waals surface area (Å²) in [5.41, 5.74) is 6.82. The smallest absolute Gasteiger partial charge is 0.200 e. The van der Waals surface area contributed by atoms with E-state index in [-0.39, 0.29) is 10.9 Å². The second-order valence-electron chi connectivity index (χ2n) is 3.95. The Kier molecular flexibility index (Phi) is 2.61. The minimum absolute atomic E-state index is 0.285. The van der Waals surface area contributed by atoms with Gasteiger partial charge in [0.15, 0.2) is 9.84 Å². The predicted molar refractivity (Wildman–Crippen MR) is 61.3 cm³/mol. The number of nitrogens with two attached hydrogens (primary N) is 1. The van der Waals surface area contributed by atoms with Crippen LogP contribution in [0.25, 0.3) is 6.08 Å². The van der Waals surface area contributed by atoms with Crippen molar-refractivity contribution >= 4 is 15.9 Å². The number of rotatable bonds is 2. The van der Waals surface area contributed by atoms with E-state index < -0.39 is 15.9 Å². The summed E-state index contributed by atoms with van der Waals surface area (Å²) in [5, 5.41) is 10.9. The fraction of sp³-hybridized carbons (Fsp3) is 0.273. The zero-order chi connectivity index (χ0) is 11.9. The third-order valence-electron chi connectivity index (χ3n) is 2.61. The van der Waals surface area contributed by atoms with E-state index in [4.69, 9.17) is 5.73 Å². The van der Waals surface area contributed by atoms with Gasteiger partial charge >= 0.3 is 0 Å². The van der Waals surface area contributed by atoms with Gasteiger partial charge in [-0.2, -0.15) is 0 Å². The van der Waals surface area contributed by atoms with E-state index in [1.54, 1.807) is 19.1 Å². The van der Waals surface area contributed by atoms with E-state index in [9.17, 15) is 13.5 Å². The number of hydrogen-bond donors (Lipinski definition) is 2. The summed E-state index contributed by atoms with van der Waals surface area (Å²) in [4.78, 5) is 0.285. The van der Waals surface area contributed by atoms with Gasteiger partial charge in [-0.3, -0.25) is 0 Å². The Bertz CT molecular complexity index is 546. The number of aliphatic hydroxyl groups excluding tert-OH is 1. The molecule has 2 atom stereocenters. The van der Waals surface area contributed by atoms with Crippen LogP contribution < -0.4 is 5.73 Å². The van der Waals surface area contributed by atoms with E-state index in [0.29, 0.717) is 11.1 Å². The molecule has 0 aromatic heterocycles. The van der Waals surface area contributed by atoms with E-state index in [1.807, 2.05) is 0 Å². The first-order valence-corrected chi connectivity index (χ1v) is 6.47. The van der Waals surface area contributed by atoms with Gasteiger partial charge in [-0.15, -0.1) is 0 Å². The molecule has 86 valence electrons. The maximum Gasteiger partial charge on any atom is 0.200 e. The van der Waals surface area contributed by atoms with Crippen LogP contribution in [0, 0.1) is 0 Å². The Morgan fingerprint density at radius 1 is 1.38 bits per heavy atom. The maximum atomic E-state index is 11.5. The van der Waals surface area contributed by atoms with Gasteiger partial charge in [-0.1, -0.05) is 6.07 Å². The van der Waals surface area contributed by atoms with Gasteiger partial charge < -0.3 is 10.8 Å². The summed E-state index contributed by atoms with van der Waals surface area (Å²) in [6, 6.07) is 4.37. The van der Waals surface area contributed by atoms with Crippen LogP contribution in [0.4, 0.5) is 0 Å². The molecule has 1 aromatic rings. The van der Waals surface area contributed by atoms with Crippen molar-refractivity contribution in [3.63, 3.8) is 0 Å². The third kappa shape index (κ3) is 1.77. The first-order valence-electron chi connectivity index (χ1n) is 4.92. The second-order valence-corrected chi connectivity index (χ2v) is 5.75. The molecule has 1 aromatic carbocycles. The van der Waals surface area contributed by atoms with Crippen molar-refractivity contribution in [1.82, 2.24) is 0 Å². The summed E-state index contributed by atoms with van der Waals surface area (Å²) in [7, 11) is -3.26. The molecule has 0 bridgehead atoms. The standard InChI is InChI=1S/C11H13NO3S/c1-7(12)11(13)9-2-3-10-8(6-9)4-5-16(10,14)15/h2-7,11,13H,12H2,1H3. The van der Waals surface area contributed by atoms with Gasteiger partial charge in [0.1, 0.15) is 0 Å². The Labute approximate surface area is 94.3 Å². The second kappa shape index (κ2) is 3.69. The van der Waals surface area contributed by atoms with Crippen LogP contribution in [0.15, 0.2) is 28.5 Å². The molecule has 4 nitrogen and oxygen atoms in total. The zero-order valence-electron chi connectivity index (χ0n) is 8.79. The van der Waals surface area contributed by atoms with E-state index in [1.165, 1.54) is 17.6 Å². The molecule has 0 fully saturated rings. The molecule has 1 aliphatic rings. The number of aliphatic hydroxyl groups is 1. The lowest BCUT2D eigenvalue weighted by Crippen LogP contribution is -2.24. The molecular weight excluding hydrogens is 226 g/mol. The van der Waals surface area contributed by atoms with Gasteiger partial charge in [0.25, 0.3) is 0 Å². The molecule has 5 heteroatoms. The van der Waals surface area contributed by atoms with Crippen LogP contribution in [0.3, 0.4) is 0 Å². The Balaban J connectivity index is 2.47. The van der Waals surface area contributed by atoms with Crippen LogP contribution in [0.5, 0.6) is 0 Å². The average molecular weight is 239 g/mol. The van der Waals surface area contributed by atoms with Crippen LogP contribution in [0.1, 0.15) is 24.2 Å². The number of sulfone groups is 1. The lowest BCUT2D eigenvalue weighted by molar-refractivity contribution is 0.153. The maximum absolute atomic E-state index is 11.5. The van der Waals surface area contributed by atoms with E-state index in [0.717, 1.165) is 0 Å². The highest BCUT2D eigenvalue weighted by molar-refractivity contribution is 7.94. The molecule has 2 rings (SSSR count). The van der Waals surface area contributed by atoms with Crippen molar-refractivity contribution in [3.8, 4) is 0 Å². The lowest BCUT2D eigenvalue weighted by atomic mass is 10.0. The summed E-state index contributed by atoms with van der Waals surface area (Å²) < 4.78 is 23.0.